The molecule has 2 rings (SSSR count). The van der Waals surface area contributed by atoms with Crippen LogP contribution in [0.25, 0.3) is 0 Å². The first kappa shape index (κ1) is 14.5. The van der Waals surface area contributed by atoms with Gasteiger partial charge in [-0.05, 0) is 19.1 Å². The van der Waals surface area contributed by atoms with E-state index < -0.39 is 4.92 Å². The molecule has 0 amide bonds. The molecule has 1 aliphatic rings. The van der Waals surface area contributed by atoms with Gasteiger partial charge in [-0.3, -0.25) is 10.1 Å². The van der Waals surface area contributed by atoms with E-state index in [4.69, 9.17) is 5.11 Å². The van der Waals surface area contributed by atoms with Crippen LogP contribution in [-0.2, 0) is 0 Å². The highest BCUT2D eigenvalue weighted by molar-refractivity contribution is 5.69. The van der Waals surface area contributed by atoms with Gasteiger partial charge in [0.05, 0.1) is 11.5 Å². The SMILES string of the molecule is C[C@H]1CN(c2ccc([N+](=O)[O-])c(NCCO)c2)CCN1. The molecule has 0 saturated carbocycles. The standard InChI is InChI=1S/C13H20N4O3/c1-10-9-16(6-4-14-10)11-2-3-13(17(19)20)12(8-11)15-5-7-18/h2-3,8,10,14-15,18H,4-7,9H2,1H3/t10-/m0/s1. The summed E-state index contributed by atoms with van der Waals surface area (Å²) in [6.45, 7) is 4.99. The fourth-order valence-electron chi connectivity index (χ4n) is 2.38. The number of nitro benzene ring substituents is 1. The summed E-state index contributed by atoms with van der Waals surface area (Å²) in [5, 5.41) is 26.1. The second-order valence-electron chi connectivity index (χ2n) is 4.91. The van der Waals surface area contributed by atoms with Gasteiger partial charge in [-0.15, -0.1) is 0 Å². The van der Waals surface area contributed by atoms with E-state index in [9.17, 15) is 10.1 Å². The van der Waals surface area contributed by atoms with Crippen LogP contribution in [0.15, 0.2) is 18.2 Å². The Bertz CT molecular complexity index is 481. The van der Waals surface area contributed by atoms with Gasteiger partial charge >= 0.3 is 0 Å². The molecule has 0 aromatic heterocycles. The van der Waals surface area contributed by atoms with E-state index in [2.05, 4.69) is 22.5 Å². The number of anilines is 2. The zero-order chi connectivity index (χ0) is 14.5. The molecule has 1 aromatic carbocycles. The number of piperazine rings is 1. The Labute approximate surface area is 117 Å². The molecule has 1 heterocycles. The molecule has 0 unspecified atom stereocenters. The highest BCUT2D eigenvalue weighted by Crippen LogP contribution is 2.29. The first-order valence-corrected chi connectivity index (χ1v) is 6.73. The lowest BCUT2D eigenvalue weighted by molar-refractivity contribution is -0.383. The van der Waals surface area contributed by atoms with E-state index in [1.807, 2.05) is 0 Å². The van der Waals surface area contributed by atoms with Gasteiger partial charge in [0, 0.05) is 44.0 Å². The van der Waals surface area contributed by atoms with Gasteiger partial charge in [0.15, 0.2) is 0 Å². The van der Waals surface area contributed by atoms with Crippen LogP contribution >= 0.6 is 0 Å². The summed E-state index contributed by atoms with van der Waals surface area (Å²) in [6, 6.07) is 5.47. The van der Waals surface area contributed by atoms with Gasteiger partial charge in [-0.25, -0.2) is 0 Å². The lowest BCUT2D eigenvalue weighted by atomic mass is 10.1. The Kier molecular flexibility index (Phi) is 4.75. The lowest BCUT2D eigenvalue weighted by Crippen LogP contribution is -2.49. The Hall–Kier alpha value is -1.86. The Morgan fingerprint density at radius 1 is 1.60 bits per heavy atom. The minimum Gasteiger partial charge on any atom is -0.395 e. The van der Waals surface area contributed by atoms with Crippen molar-refractivity contribution in [2.45, 2.75) is 13.0 Å². The molecule has 0 spiro atoms. The van der Waals surface area contributed by atoms with E-state index in [0.717, 1.165) is 25.3 Å². The van der Waals surface area contributed by atoms with E-state index in [1.165, 1.54) is 6.07 Å². The van der Waals surface area contributed by atoms with Crippen molar-refractivity contribution in [2.75, 3.05) is 43.0 Å². The van der Waals surface area contributed by atoms with Crippen LogP contribution in [0.2, 0.25) is 0 Å². The van der Waals surface area contributed by atoms with Gasteiger partial charge in [-0.1, -0.05) is 0 Å². The molecule has 0 radical (unpaired) electrons. The zero-order valence-corrected chi connectivity index (χ0v) is 11.5. The summed E-state index contributed by atoms with van der Waals surface area (Å²) in [5.74, 6) is 0. The number of benzene rings is 1. The lowest BCUT2D eigenvalue weighted by Gasteiger charge is -2.33. The third kappa shape index (κ3) is 3.37. The quantitative estimate of drug-likeness (QED) is 0.546. The molecule has 7 nitrogen and oxygen atoms in total. The molecule has 1 saturated heterocycles. The average molecular weight is 280 g/mol. The fraction of sp³-hybridized carbons (Fsp3) is 0.538. The van der Waals surface area contributed by atoms with E-state index in [0.29, 0.717) is 18.3 Å². The van der Waals surface area contributed by atoms with Crippen LogP contribution in [-0.4, -0.2) is 48.9 Å². The van der Waals surface area contributed by atoms with Gasteiger partial charge in [0.1, 0.15) is 5.69 Å². The molecule has 0 aliphatic carbocycles. The summed E-state index contributed by atoms with van der Waals surface area (Å²) in [4.78, 5) is 12.8. The molecule has 3 N–H and O–H groups in total. The van der Waals surface area contributed by atoms with Gasteiger partial charge in [0.2, 0.25) is 0 Å². The normalized spacial score (nSPS) is 18.9. The van der Waals surface area contributed by atoms with E-state index in [1.54, 1.807) is 12.1 Å². The molecule has 1 fully saturated rings. The zero-order valence-electron chi connectivity index (χ0n) is 11.5. The number of hydrogen-bond donors (Lipinski definition) is 3. The van der Waals surface area contributed by atoms with Crippen molar-refractivity contribution in [3.8, 4) is 0 Å². The third-order valence-electron chi connectivity index (χ3n) is 3.34. The number of hydrogen-bond acceptors (Lipinski definition) is 6. The van der Waals surface area contributed by atoms with Crippen LogP contribution in [0.4, 0.5) is 17.1 Å². The number of rotatable bonds is 5. The monoisotopic (exact) mass is 280 g/mol. The number of nitro groups is 1. The molecule has 1 aliphatic heterocycles. The Balaban J connectivity index is 2.23. The van der Waals surface area contributed by atoms with Gasteiger partial charge in [-0.2, -0.15) is 0 Å². The van der Waals surface area contributed by atoms with Crippen molar-refractivity contribution < 1.29 is 10.0 Å². The fourth-order valence-corrected chi connectivity index (χ4v) is 2.38. The highest BCUT2D eigenvalue weighted by atomic mass is 16.6. The summed E-state index contributed by atoms with van der Waals surface area (Å²) in [7, 11) is 0. The Morgan fingerprint density at radius 2 is 2.40 bits per heavy atom. The largest absolute Gasteiger partial charge is 0.395 e. The number of aliphatic hydroxyl groups is 1. The first-order valence-electron chi connectivity index (χ1n) is 6.73. The van der Waals surface area contributed by atoms with Crippen LogP contribution in [0.3, 0.4) is 0 Å². The minimum absolute atomic E-state index is 0.0328. The minimum atomic E-state index is -0.413. The van der Waals surface area contributed by atoms with E-state index in [-0.39, 0.29) is 12.3 Å². The van der Waals surface area contributed by atoms with Gasteiger partial charge < -0.3 is 20.6 Å². The third-order valence-corrected chi connectivity index (χ3v) is 3.34. The van der Waals surface area contributed by atoms with Crippen molar-refractivity contribution in [3.63, 3.8) is 0 Å². The molecular weight excluding hydrogens is 260 g/mol. The topological polar surface area (TPSA) is 90.7 Å². The number of aliphatic hydroxyl groups excluding tert-OH is 1. The van der Waals surface area contributed by atoms with Crippen LogP contribution in [0.1, 0.15) is 6.92 Å². The summed E-state index contributed by atoms with van der Waals surface area (Å²) < 4.78 is 0. The van der Waals surface area contributed by atoms with Crippen molar-refractivity contribution in [2.24, 2.45) is 0 Å². The predicted octanol–water partition coefficient (Wildman–Crippen LogP) is 0.797. The average Bonchev–Trinajstić information content (AvgIpc) is 2.44. The van der Waals surface area contributed by atoms with Crippen LogP contribution in [0, 0.1) is 10.1 Å². The van der Waals surface area contributed by atoms with Gasteiger partial charge in [0.25, 0.3) is 5.69 Å². The smallest absolute Gasteiger partial charge is 0.292 e. The highest BCUT2D eigenvalue weighted by Gasteiger charge is 2.19. The molecule has 1 atom stereocenters. The van der Waals surface area contributed by atoms with Crippen molar-refractivity contribution in [3.05, 3.63) is 28.3 Å². The number of nitrogens with one attached hydrogen (secondary N) is 2. The van der Waals surface area contributed by atoms with Crippen molar-refractivity contribution in [1.82, 2.24) is 5.32 Å². The molecule has 1 aromatic rings. The Morgan fingerprint density at radius 3 is 3.05 bits per heavy atom. The maximum absolute atomic E-state index is 11.0. The molecule has 110 valence electrons. The summed E-state index contributed by atoms with van der Waals surface area (Å²) >= 11 is 0. The van der Waals surface area contributed by atoms with Crippen molar-refractivity contribution >= 4 is 17.1 Å². The first-order chi connectivity index (χ1) is 9.61. The predicted molar refractivity (Wildman–Crippen MR) is 78.3 cm³/mol. The second kappa shape index (κ2) is 6.53. The maximum atomic E-state index is 11.0. The summed E-state index contributed by atoms with van der Waals surface area (Å²) in [5.41, 5.74) is 1.45. The summed E-state index contributed by atoms with van der Waals surface area (Å²) in [6.07, 6.45) is 0. The number of nitrogens with zero attached hydrogens (tertiary/aromatic N) is 2. The van der Waals surface area contributed by atoms with Crippen LogP contribution < -0.4 is 15.5 Å². The van der Waals surface area contributed by atoms with Crippen LogP contribution in [0.5, 0.6) is 0 Å². The maximum Gasteiger partial charge on any atom is 0.292 e. The second-order valence-corrected chi connectivity index (χ2v) is 4.91. The van der Waals surface area contributed by atoms with E-state index >= 15 is 0 Å². The molecular formula is C13H20N4O3. The molecule has 0 bridgehead atoms. The van der Waals surface area contributed by atoms with Crippen molar-refractivity contribution in [1.29, 1.82) is 0 Å². The molecule has 7 heteroatoms. The molecule has 20 heavy (non-hydrogen) atoms.